The van der Waals surface area contributed by atoms with E-state index in [-0.39, 0.29) is 6.54 Å². The van der Waals surface area contributed by atoms with Gasteiger partial charge in [-0.3, -0.25) is 9.69 Å². The van der Waals surface area contributed by atoms with Crippen molar-refractivity contribution in [2.45, 2.75) is 40.8 Å². The van der Waals surface area contributed by atoms with E-state index in [4.69, 9.17) is 0 Å². The van der Waals surface area contributed by atoms with Crippen LogP contribution in [0.15, 0.2) is 12.1 Å². The van der Waals surface area contributed by atoms with E-state index >= 15 is 0 Å². The van der Waals surface area contributed by atoms with Crippen molar-refractivity contribution in [3.63, 3.8) is 0 Å². The predicted molar refractivity (Wildman–Crippen MR) is 83.5 cm³/mol. The first-order chi connectivity index (χ1) is 9.96. The summed E-state index contributed by atoms with van der Waals surface area (Å²) in [5.74, 6) is -0.0191. The minimum absolute atomic E-state index is 0.0460. The highest BCUT2D eigenvalue weighted by molar-refractivity contribution is 5.80. The molecule has 0 amide bonds. The molecule has 0 aliphatic rings. The van der Waals surface area contributed by atoms with Gasteiger partial charge in [0.2, 0.25) is 0 Å². The molecule has 0 atom stereocenters. The Balaban J connectivity index is 2.54. The molecule has 114 valence electrons. The summed E-state index contributed by atoms with van der Waals surface area (Å²) in [7, 11) is 0. The lowest BCUT2D eigenvalue weighted by molar-refractivity contribution is -0.137. The number of hydrogen-bond donors (Lipinski definition) is 1. The lowest BCUT2D eigenvalue weighted by Crippen LogP contribution is -2.25. The maximum atomic E-state index is 11.2. The van der Waals surface area contributed by atoms with Gasteiger partial charge in [0.05, 0.1) is 17.6 Å². The third-order valence-corrected chi connectivity index (χ3v) is 4.00. The van der Waals surface area contributed by atoms with E-state index in [1.54, 1.807) is 0 Å². The zero-order valence-electron chi connectivity index (χ0n) is 13.2. The maximum Gasteiger partial charge on any atom is 0.323 e. The van der Waals surface area contributed by atoms with Crippen LogP contribution in [-0.2, 0) is 17.9 Å². The van der Waals surface area contributed by atoms with E-state index in [0.29, 0.717) is 6.54 Å². The molecule has 1 aromatic carbocycles. The molecular weight excluding hydrogens is 266 g/mol. The number of rotatable bonds is 6. The normalized spacial score (nSPS) is 11.5. The third kappa shape index (κ3) is 3.24. The summed E-state index contributed by atoms with van der Waals surface area (Å²) in [6, 6.07) is 4.07. The second-order valence-corrected chi connectivity index (χ2v) is 5.39. The SMILES string of the molecule is CCN(CC)Cc1nc2cc(C)c(C)cc2n1CC(=O)O. The third-order valence-electron chi connectivity index (χ3n) is 4.00. The summed E-state index contributed by atoms with van der Waals surface area (Å²) in [5, 5.41) is 9.18. The van der Waals surface area contributed by atoms with Gasteiger partial charge in [0.1, 0.15) is 12.4 Å². The van der Waals surface area contributed by atoms with E-state index in [2.05, 4.69) is 30.7 Å². The molecule has 2 rings (SSSR count). The second-order valence-electron chi connectivity index (χ2n) is 5.39. The molecule has 5 nitrogen and oxygen atoms in total. The highest BCUT2D eigenvalue weighted by Crippen LogP contribution is 2.21. The standard InChI is InChI=1S/C16H23N3O2/c1-5-18(6-2)9-15-17-13-7-11(3)12(4)8-14(13)19(15)10-16(20)21/h7-8H,5-6,9-10H2,1-4H3,(H,20,21). The second kappa shape index (κ2) is 6.26. The van der Waals surface area contributed by atoms with Crippen LogP contribution in [-0.4, -0.2) is 38.6 Å². The molecule has 0 aliphatic heterocycles. The Kier molecular flexibility index (Phi) is 4.63. The Morgan fingerprint density at radius 1 is 1.24 bits per heavy atom. The van der Waals surface area contributed by atoms with Crippen LogP contribution in [0.3, 0.4) is 0 Å². The minimum Gasteiger partial charge on any atom is -0.480 e. The number of benzene rings is 1. The van der Waals surface area contributed by atoms with Gasteiger partial charge in [-0.2, -0.15) is 0 Å². The van der Waals surface area contributed by atoms with Crippen molar-refractivity contribution in [1.29, 1.82) is 0 Å². The number of imidazole rings is 1. The molecule has 1 N–H and O–H groups in total. The van der Waals surface area contributed by atoms with Gasteiger partial charge < -0.3 is 9.67 Å². The summed E-state index contributed by atoms with van der Waals surface area (Å²) >= 11 is 0. The van der Waals surface area contributed by atoms with Crippen molar-refractivity contribution in [1.82, 2.24) is 14.5 Å². The van der Waals surface area contributed by atoms with Crippen molar-refractivity contribution >= 4 is 17.0 Å². The highest BCUT2D eigenvalue weighted by atomic mass is 16.4. The lowest BCUT2D eigenvalue weighted by Gasteiger charge is -2.18. The molecule has 1 aromatic heterocycles. The van der Waals surface area contributed by atoms with Crippen molar-refractivity contribution in [2.24, 2.45) is 0 Å². The zero-order chi connectivity index (χ0) is 15.6. The van der Waals surface area contributed by atoms with Gasteiger partial charge in [-0.25, -0.2) is 4.98 Å². The molecule has 0 aliphatic carbocycles. The van der Waals surface area contributed by atoms with E-state index < -0.39 is 5.97 Å². The Hall–Kier alpha value is -1.88. The van der Waals surface area contributed by atoms with Crippen LogP contribution in [0, 0.1) is 13.8 Å². The molecule has 0 bridgehead atoms. The number of hydrogen-bond acceptors (Lipinski definition) is 3. The molecule has 0 saturated heterocycles. The molecule has 5 heteroatoms. The van der Waals surface area contributed by atoms with Crippen molar-refractivity contribution in [2.75, 3.05) is 13.1 Å². The molecular formula is C16H23N3O2. The van der Waals surface area contributed by atoms with Gasteiger partial charge in [0.25, 0.3) is 0 Å². The van der Waals surface area contributed by atoms with Crippen LogP contribution in [0.1, 0.15) is 30.8 Å². The average molecular weight is 289 g/mol. The minimum atomic E-state index is -0.840. The van der Waals surface area contributed by atoms with Crippen LogP contribution in [0.5, 0.6) is 0 Å². The largest absolute Gasteiger partial charge is 0.480 e. The molecule has 0 radical (unpaired) electrons. The topological polar surface area (TPSA) is 58.4 Å². The fourth-order valence-electron chi connectivity index (χ4n) is 2.51. The molecule has 21 heavy (non-hydrogen) atoms. The number of nitrogens with zero attached hydrogens (tertiary/aromatic N) is 3. The summed E-state index contributed by atoms with van der Waals surface area (Å²) < 4.78 is 1.82. The summed E-state index contributed by atoms with van der Waals surface area (Å²) in [6.07, 6.45) is 0. The van der Waals surface area contributed by atoms with Gasteiger partial charge in [0.15, 0.2) is 0 Å². The van der Waals surface area contributed by atoms with Gasteiger partial charge in [-0.05, 0) is 50.2 Å². The number of carbonyl (C=O) groups is 1. The first-order valence-electron chi connectivity index (χ1n) is 7.36. The van der Waals surface area contributed by atoms with Crippen LogP contribution in [0.2, 0.25) is 0 Å². The summed E-state index contributed by atoms with van der Waals surface area (Å²) in [5.41, 5.74) is 4.12. The molecule has 0 fully saturated rings. The van der Waals surface area contributed by atoms with Gasteiger partial charge in [-0.15, -0.1) is 0 Å². The number of fused-ring (bicyclic) bond motifs is 1. The molecule has 1 heterocycles. The predicted octanol–water partition coefficient (Wildman–Crippen LogP) is 2.58. The number of carboxylic acids is 1. The first kappa shape index (κ1) is 15.5. The van der Waals surface area contributed by atoms with Gasteiger partial charge in [0, 0.05) is 0 Å². The molecule has 0 spiro atoms. The van der Waals surface area contributed by atoms with E-state index in [1.165, 1.54) is 5.56 Å². The molecule has 2 aromatic rings. The lowest BCUT2D eigenvalue weighted by atomic mass is 10.1. The molecule has 0 unspecified atom stereocenters. The summed E-state index contributed by atoms with van der Waals surface area (Å²) in [6.45, 7) is 10.8. The maximum absolute atomic E-state index is 11.2. The monoisotopic (exact) mass is 289 g/mol. The van der Waals surface area contributed by atoms with Crippen LogP contribution in [0.25, 0.3) is 11.0 Å². The molecule has 0 saturated carbocycles. The Morgan fingerprint density at radius 3 is 2.43 bits per heavy atom. The van der Waals surface area contributed by atoms with Crippen molar-refractivity contribution in [3.05, 3.63) is 29.1 Å². The van der Waals surface area contributed by atoms with Gasteiger partial charge in [-0.1, -0.05) is 13.8 Å². The Bertz CT molecular complexity index is 657. The average Bonchev–Trinajstić information content (AvgIpc) is 2.73. The number of aryl methyl sites for hydroxylation is 2. The van der Waals surface area contributed by atoms with E-state index in [0.717, 1.165) is 35.5 Å². The van der Waals surface area contributed by atoms with Crippen molar-refractivity contribution in [3.8, 4) is 0 Å². The highest BCUT2D eigenvalue weighted by Gasteiger charge is 2.16. The number of aliphatic carboxylic acids is 1. The van der Waals surface area contributed by atoms with Gasteiger partial charge >= 0.3 is 5.97 Å². The Labute approximate surface area is 125 Å². The quantitative estimate of drug-likeness (QED) is 0.888. The zero-order valence-corrected chi connectivity index (χ0v) is 13.2. The van der Waals surface area contributed by atoms with Crippen LogP contribution < -0.4 is 0 Å². The van der Waals surface area contributed by atoms with Crippen LogP contribution in [0.4, 0.5) is 0 Å². The van der Waals surface area contributed by atoms with Crippen LogP contribution >= 0.6 is 0 Å². The van der Waals surface area contributed by atoms with E-state index in [9.17, 15) is 9.90 Å². The fourth-order valence-corrected chi connectivity index (χ4v) is 2.51. The number of aromatic nitrogens is 2. The smallest absolute Gasteiger partial charge is 0.323 e. The number of carboxylic acid groups (broad SMARTS) is 1. The first-order valence-corrected chi connectivity index (χ1v) is 7.36. The fraction of sp³-hybridized carbons (Fsp3) is 0.500. The summed E-state index contributed by atoms with van der Waals surface area (Å²) in [4.78, 5) is 18.1. The Morgan fingerprint density at radius 2 is 1.86 bits per heavy atom. The van der Waals surface area contributed by atoms with Crippen molar-refractivity contribution < 1.29 is 9.90 Å². The van der Waals surface area contributed by atoms with E-state index in [1.807, 2.05) is 23.6 Å².